The molecule has 15 heavy (non-hydrogen) atoms. The topological polar surface area (TPSA) is 60.4 Å². The lowest BCUT2D eigenvalue weighted by atomic mass is 10.1. The number of carbonyl (C=O) groups is 1. The maximum absolute atomic E-state index is 11.8. The Hall–Kier alpha value is -0.490. The summed E-state index contributed by atoms with van der Waals surface area (Å²) >= 11 is 0. The average molecular weight is 250 g/mol. The highest BCUT2D eigenvalue weighted by atomic mass is 32.2. The highest BCUT2D eigenvalue weighted by molar-refractivity contribution is 7.96. The molecule has 0 amide bonds. The van der Waals surface area contributed by atoms with Gasteiger partial charge in [-0.15, -0.1) is 0 Å². The normalized spacial score (nSPS) is 40.1. The smallest absolute Gasteiger partial charge is 0.326 e. The summed E-state index contributed by atoms with van der Waals surface area (Å²) in [5.41, 5.74) is 0. The number of ether oxygens (including phenoxy) is 1. The highest BCUT2D eigenvalue weighted by Crippen LogP contribution is 2.29. The number of rotatable bonds is 2. The Bertz CT molecular complexity index is 350. The zero-order valence-electron chi connectivity index (χ0n) is 8.89. The lowest BCUT2D eigenvalue weighted by molar-refractivity contribution is -0.145. The minimum Gasteiger partial charge on any atom is -0.465 e. The van der Waals surface area contributed by atoms with Gasteiger partial charge in [0.1, 0.15) is 0 Å². The van der Waals surface area contributed by atoms with Gasteiger partial charge in [0, 0.05) is 10.8 Å². The second-order valence-electron chi connectivity index (χ2n) is 3.37. The van der Waals surface area contributed by atoms with Gasteiger partial charge in [-0.1, -0.05) is 0 Å². The maximum Gasteiger partial charge on any atom is 0.326 e. The number of carbonyl (C=O) groups excluding carboxylic acids is 1. The molecular formula is C9H14O4S2. The second kappa shape index (κ2) is 4.57. The van der Waals surface area contributed by atoms with Gasteiger partial charge < -0.3 is 4.74 Å². The molecule has 0 aromatic carbocycles. The monoisotopic (exact) mass is 250 g/mol. The zero-order chi connectivity index (χ0) is 11.6. The minimum absolute atomic E-state index is 0.231. The van der Waals surface area contributed by atoms with E-state index in [4.69, 9.17) is 4.74 Å². The van der Waals surface area contributed by atoms with Crippen molar-refractivity contribution in [2.24, 2.45) is 0 Å². The highest BCUT2D eigenvalue weighted by Gasteiger charge is 2.49. The van der Waals surface area contributed by atoms with Crippen molar-refractivity contribution in [1.82, 2.24) is 0 Å². The van der Waals surface area contributed by atoms with Crippen molar-refractivity contribution in [1.29, 1.82) is 0 Å². The second-order valence-corrected chi connectivity index (χ2v) is 6.72. The van der Waals surface area contributed by atoms with E-state index >= 15 is 0 Å². The van der Waals surface area contributed by atoms with Gasteiger partial charge in [-0.3, -0.25) is 13.2 Å². The van der Waals surface area contributed by atoms with E-state index in [1.807, 2.05) is 0 Å². The standard InChI is InChI=1S/C9H14O4S2/c1-4-13-8(10)9(3)7(2)14(11)5-6-15(9)12/h5-7H,4H2,1-3H3. The van der Waals surface area contributed by atoms with E-state index in [0.29, 0.717) is 0 Å². The molecule has 4 atom stereocenters. The molecule has 6 heteroatoms. The molecule has 0 N–H and O–H groups in total. The van der Waals surface area contributed by atoms with Crippen molar-refractivity contribution in [3.8, 4) is 0 Å². The Morgan fingerprint density at radius 3 is 2.60 bits per heavy atom. The molecular weight excluding hydrogens is 236 g/mol. The van der Waals surface area contributed by atoms with Crippen LogP contribution >= 0.6 is 0 Å². The number of esters is 1. The van der Waals surface area contributed by atoms with Gasteiger partial charge in [-0.05, 0) is 20.8 Å². The van der Waals surface area contributed by atoms with Crippen LogP contribution < -0.4 is 0 Å². The molecule has 1 heterocycles. The maximum atomic E-state index is 11.8. The average Bonchev–Trinajstić information content (AvgIpc) is 2.21. The summed E-state index contributed by atoms with van der Waals surface area (Å²) in [6.45, 7) is 5.10. The van der Waals surface area contributed by atoms with Crippen LogP contribution in [0.4, 0.5) is 0 Å². The molecule has 0 aliphatic carbocycles. The van der Waals surface area contributed by atoms with E-state index in [0.717, 1.165) is 0 Å². The predicted molar refractivity (Wildman–Crippen MR) is 59.9 cm³/mol. The fraction of sp³-hybridized carbons (Fsp3) is 0.667. The van der Waals surface area contributed by atoms with Crippen LogP contribution in [0, 0.1) is 0 Å². The largest absolute Gasteiger partial charge is 0.465 e. The molecule has 86 valence electrons. The van der Waals surface area contributed by atoms with Gasteiger partial charge in [-0.25, -0.2) is 0 Å². The van der Waals surface area contributed by atoms with Crippen molar-refractivity contribution in [3.05, 3.63) is 10.8 Å². The van der Waals surface area contributed by atoms with Crippen LogP contribution in [0.15, 0.2) is 10.8 Å². The third-order valence-corrected chi connectivity index (χ3v) is 6.17. The lowest BCUT2D eigenvalue weighted by Crippen LogP contribution is -2.52. The molecule has 4 nitrogen and oxygen atoms in total. The molecule has 0 bridgehead atoms. The number of hydrogen-bond acceptors (Lipinski definition) is 4. The molecule has 4 unspecified atom stereocenters. The van der Waals surface area contributed by atoms with Gasteiger partial charge in [0.15, 0.2) is 4.75 Å². The van der Waals surface area contributed by atoms with Crippen LogP contribution in [0.2, 0.25) is 0 Å². The molecule has 0 fully saturated rings. The van der Waals surface area contributed by atoms with Crippen molar-refractivity contribution >= 4 is 27.6 Å². The summed E-state index contributed by atoms with van der Waals surface area (Å²) in [4.78, 5) is 11.7. The first-order valence-electron chi connectivity index (χ1n) is 4.60. The Labute approximate surface area is 94.0 Å². The summed E-state index contributed by atoms with van der Waals surface area (Å²) in [5, 5.41) is 2.19. The summed E-state index contributed by atoms with van der Waals surface area (Å²) < 4.78 is 27.0. The summed E-state index contributed by atoms with van der Waals surface area (Å²) in [7, 11) is -2.75. The van der Waals surface area contributed by atoms with Crippen molar-refractivity contribution in [2.75, 3.05) is 6.61 Å². The third kappa shape index (κ3) is 2.06. The fourth-order valence-corrected chi connectivity index (χ4v) is 4.29. The first kappa shape index (κ1) is 12.6. The quantitative estimate of drug-likeness (QED) is 0.676. The first-order chi connectivity index (χ1) is 6.94. The first-order valence-corrected chi connectivity index (χ1v) is 7.09. The molecule has 0 radical (unpaired) electrons. The Morgan fingerprint density at radius 1 is 1.47 bits per heavy atom. The molecule has 0 saturated heterocycles. The zero-order valence-corrected chi connectivity index (χ0v) is 10.5. The Kier molecular flexibility index (Phi) is 3.83. The minimum atomic E-state index is -1.47. The van der Waals surface area contributed by atoms with Crippen LogP contribution in [-0.2, 0) is 31.1 Å². The van der Waals surface area contributed by atoms with E-state index in [1.165, 1.54) is 17.7 Å². The summed E-state index contributed by atoms with van der Waals surface area (Å²) in [6.07, 6.45) is 0. The van der Waals surface area contributed by atoms with Gasteiger partial charge >= 0.3 is 5.97 Å². The SMILES string of the molecule is CCOC(=O)C1(C)C(C)S(=O)C=CS1=O. The van der Waals surface area contributed by atoms with Crippen LogP contribution in [0.3, 0.4) is 0 Å². The van der Waals surface area contributed by atoms with Crippen LogP contribution in [0.5, 0.6) is 0 Å². The van der Waals surface area contributed by atoms with Gasteiger partial charge in [0.25, 0.3) is 0 Å². The fourth-order valence-electron chi connectivity index (χ4n) is 1.27. The van der Waals surface area contributed by atoms with Crippen LogP contribution in [-0.4, -0.2) is 31.0 Å². The molecule has 1 aliphatic rings. The molecule has 1 rings (SSSR count). The van der Waals surface area contributed by atoms with Gasteiger partial charge in [0.05, 0.1) is 33.5 Å². The molecule has 0 spiro atoms. The lowest BCUT2D eigenvalue weighted by Gasteiger charge is -2.32. The Morgan fingerprint density at radius 2 is 2.07 bits per heavy atom. The van der Waals surface area contributed by atoms with Crippen molar-refractivity contribution in [2.45, 2.75) is 30.8 Å². The Balaban J connectivity index is 3.09. The number of hydrogen-bond donors (Lipinski definition) is 0. The van der Waals surface area contributed by atoms with Crippen LogP contribution in [0.1, 0.15) is 20.8 Å². The van der Waals surface area contributed by atoms with Gasteiger partial charge in [-0.2, -0.15) is 0 Å². The predicted octanol–water partition coefficient (Wildman–Crippen LogP) is 0.679. The van der Waals surface area contributed by atoms with E-state index in [-0.39, 0.29) is 6.61 Å². The molecule has 1 aliphatic heterocycles. The summed E-state index contributed by atoms with van der Waals surface area (Å²) in [6, 6.07) is 0. The van der Waals surface area contributed by atoms with Gasteiger partial charge in [0.2, 0.25) is 0 Å². The van der Waals surface area contributed by atoms with Crippen molar-refractivity contribution < 1.29 is 17.9 Å². The van der Waals surface area contributed by atoms with E-state index in [2.05, 4.69) is 0 Å². The van der Waals surface area contributed by atoms with Crippen molar-refractivity contribution in [3.63, 3.8) is 0 Å². The van der Waals surface area contributed by atoms with E-state index < -0.39 is 37.6 Å². The third-order valence-electron chi connectivity index (χ3n) is 2.54. The van der Waals surface area contributed by atoms with Crippen LogP contribution in [0.25, 0.3) is 0 Å². The summed E-state index contributed by atoms with van der Waals surface area (Å²) in [5.74, 6) is -0.548. The molecule has 0 aromatic rings. The van der Waals surface area contributed by atoms with E-state index in [1.54, 1.807) is 13.8 Å². The van der Waals surface area contributed by atoms with E-state index in [9.17, 15) is 13.2 Å². The molecule has 0 aromatic heterocycles. The molecule has 0 saturated carbocycles.